The predicted octanol–water partition coefficient (Wildman–Crippen LogP) is 3.96. The van der Waals surface area contributed by atoms with Crippen LogP contribution in [0, 0.1) is 6.08 Å². The lowest BCUT2D eigenvalue weighted by Gasteiger charge is -2.30. The molecule has 0 fully saturated rings. The molecule has 1 atom stereocenters. The van der Waals surface area contributed by atoms with E-state index < -0.39 is 24.6 Å². The van der Waals surface area contributed by atoms with E-state index in [9.17, 15) is 18.3 Å². The first-order valence-electron chi connectivity index (χ1n) is 6.26. The Morgan fingerprint density at radius 3 is 2.60 bits per heavy atom. The molecule has 0 aromatic heterocycles. The molecule has 0 amide bonds. The molecular weight excluding hydrogens is 265 g/mol. The number of alkyl halides is 3. The average Bonchev–Trinajstić information content (AvgIpc) is 2.39. The highest BCUT2D eigenvalue weighted by molar-refractivity contribution is 5.31. The molecule has 0 heterocycles. The van der Waals surface area contributed by atoms with E-state index in [0.717, 1.165) is 0 Å². The van der Waals surface area contributed by atoms with Gasteiger partial charge in [-0.15, -0.1) is 5.73 Å². The van der Waals surface area contributed by atoms with E-state index in [1.54, 1.807) is 30.4 Å². The Morgan fingerprint density at radius 1 is 1.25 bits per heavy atom. The number of aliphatic hydroxyl groups is 1. The predicted molar refractivity (Wildman–Crippen MR) is 70.6 cm³/mol. The van der Waals surface area contributed by atoms with Crippen LogP contribution in [0.25, 0.3) is 0 Å². The van der Waals surface area contributed by atoms with Gasteiger partial charge in [-0.2, -0.15) is 13.2 Å². The summed E-state index contributed by atoms with van der Waals surface area (Å²) in [4.78, 5) is 0. The van der Waals surface area contributed by atoms with Gasteiger partial charge in [-0.3, -0.25) is 0 Å². The summed E-state index contributed by atoms with van der Waals surface area (Å²) in [5.74, 6) is 0. The number of halogens is 3. The van der Waals surface area contributed by atoms with E-state index in [0.29, 0.717) is 17.6 Å². The van der Waals surface area contributed by atoms with Crippen LogP contribution in [0.1, 0.15) is 19.3 Å². The maximum absolute atomic E-state index is 13.2. The zero-order valence-corrected chi connectivity index (χ0v) is 10.7. The van der Waals surface area contributed by atoms with E-state index in [2.05, 4.69) is 11.8 Å². The van der Waals surface area contributed by atoms with Crippen LogP contribution in [0.2, 0.25) is 0 Å². The van der Waals surface area contributed by atoms with Crippen molar-refractivity contribution in [2.45, 2.75) is 31.0 Å². The van der Waals surface area contributed by atoms with E-state index in [1.165, 1.54) is 12.2 Å². The first kappa shape index (κ1) is 14.5. The second-order valence-electron chi connectivity index (χ2n) is 4.78. The molecule has 0 aliphatic heterocycles. The Bertz CT molecular complexity index is 555. The minimum atomic E-state index is -4.71. The van der Waals surface area contributed by atoms with Crippen molar-refractivity contribution >= 4 is 0 Å². The summed E-state index contributed by atoms with van der Waals surface area (Å²) in [5, 5.41) is 10.1. The minimum absolute atomic E-state index is 0.330. The maximum atomic E-state index is 13.2. The van der Waals surface area contributed by atoms with Gasteiger partial charge in [0.1, 0.15) is 11.6 Å². The van der Waals surface area contributed by atoms with Crippen LogP contribution in [0.15, 0.2) is 59.4 Å². The van der Waals surface area contributed by atoms with Gasteiger partial charge in [0, 0.05) is 31.1 Å². The van der Waals surface area contributed by atoms with Crippen LogP contribution in [0.4, 0.5) is 13.2 Å². The fourth-order valence-corrected chi connectivity index (χ4v) is 2.06. The van der Waals surface area contributed by atoms with Crippen LogP contribution in [-0.4, -0.2) is 16.9 Å². The summed E-state index contributed by atoms with van der Waals surface area (Å²) >= 11 is 0. The van der Waals surface area contributed by atoms with Crippen molar-refractivity contribution in [2.24, 2.45) is 0 Å². The first-order valence-corrected chi connectivity index (χ1v) is 6.26. The van der Waals surface area contributed by atoms with Crippen molar-refractivity contribution in [1.29, 1.82) is 0 Å². The molecule has 1 N–H and O–H groups in total. The third kappa shape index (κ3) is 3.37. The third-order valence-electron chi connectivity index (χ3n) is 3.13. The lowest BCUT2D eigenvalue weighted by molar-refractivity contribution is -0.258. The first-order chi connectivity index (χ1) is 9.41. The largest absolute Gasteiger partial charge is 0.417 e. The highest BCUT2D eigenvalue weighted by atomic mass is 19.4. The van der Waals surface area contributed by atoms with Crippen LogP contribution >= 0.6 is 0 Å². The Morgan fingerprint density at radius 2 is 2.05 bits per heavy atom. The second-order valence-corrected chi connectivity index (χ2v) is 4.78. The van der Waals surface area contributed by atoms with Gasteiger partial charge < -0.3 is 5.11 Å². The molecule has 2 aliphatic carbocycles. The molecular formula is C16H14F3O+. The normalized spacial score (nSPS) is 20.2. The minimum Gasteiger partial charge on any atom is -0.380 e. The fourth-order valence-electron chi connectivity index (χ4n) is 2.06. The molecule has 2 aliphatic rings. The van der Waals surface area contributed by atoms with E-state index in [-0.39, 0.29) is 0 Å². The molecule has 1 unspecified atom stereocenters. The summed E-state index contributed by atoms with van der Waals surface area (Å²) in [6.07, 6.45) is 8.97. The molecule has 2 rings (SSSR count). The zero-order chi connectivity index (χ0) is 14.6. The molecule has 20 heavy (non-hydrogen) atoms. The molecule has 0 saturated heterocycles. The number of hydrogen-bond acceptors (Lipinski definition) is 1. The Labute approximate surface area is 115 Å². The Hall–Kier alpha value is -1.86. The molecule has 0 radical (unpaired) electrons. The number of rotatable bonds is 4. The molecule has 104 valence electrons. The highest BCUT2D eigenvalue weighted by Crippen LogP contribution is 2.40. The van der Waals surface area contributed by atoms with Gasteiger partial charge in [0.2, 0.25) is 0 Å². The van der Waals surface area contributed by atoms with Crippen molar-refractivity contribution < 1.29 is 18.3 Å². The smallest absolute Gasteiger partial charge is 0.380 e. The van der Waals surface area contributed by atoms with Gasteiger partial charge in [0.05, 0.1) is 6.08 Å². The van der Waals surface area contributed by atoms with Crippen LogP contribution < -0.4 is 0 Å². The summed E-state index contributed by atoms with van der Waals surface area (Å²) in [7, 11) is 0. The third-order valence-corrected chi connectivity index (χ3v) is 3.13. The highest BCUT2D eigenvalue weighted by Gasteiger charge is 2.54. The Kier molecular flexibility index (Phi) is 4.10. The molecule has 0 bridgehead atoms. The maximum Gasteiger partial charge on any atom is 0.417 e. The zero-order valence-electron chi connectivity index (χ0n) is 10.7. The van der Waals surface area contributed by atoms with Crippen LogP contribution in [0.5, 0.6) is 0 Å². The van der Waals surface area contributed by atoms with Crippen LogP contribution in [0.3, 0.4) is 0 Å². The molecule has 0 spiro atoms. The Balaban J connectivity index is 2.24. The van der Waals surface area contributed by atoms with Crippen molar-refractivity contribution in [3.63, 3.8) is 0 Å². The summed E-state index contributed by atoms with van der Waals surface area (Å²) in [6, 6.07) is 0. The van der Waals surface area contributed by atoms with Gasteiger partial charge in [-0.25, -0.2) is 0 Å². The fraction of sp³-hybridized carbons (Fsp3) is 0.312. The lowest BCUT2D eigenvalue weighted by atomic mass is 9.85. The number of allylic oxidation sites excluding steroid dienone is 7. The molecule has 4 heteroatoms. The second kappa shape index (κ2) is 5.64. The van der Waals surface area contributed by atoms with Gasteiger partial charge in [-0.1, -0.05) is 12.2 Å². The summed E-state index contributed by atoms with van der Waals surface area (Å²) < 4.78 is 39.6. The quantitative estimate of drug-likeness (QED) is 0.610. The topological polar surface area (TPSA) is 20.2 Å². The molecule has 0 saturated carbocycles. The monoisotopic (exact) mass is 279 g/mol. The van der Waals surface area contributed by atoms with Gasteiger partial charge in [-0.05, 0) is 18.1 Å². The van der Waals surface area contributed by atoms with Gasteiger partial charge >= 0.3 is 6.18 Å². The van der Waals surface area contributed by atoms with Crippen molar-refractivity contribution in [3.05, 3.63) is 65.5 Å². The van der Waals surface area contributed by atoms with Gasteiger partial charge in [0.25, 0.3) is 0 Å². The van der Waals surface area contributed by atoms with E-state index >= 15 is 0 Å². The standard InChI is InChI=1S/C16H14F3O/c17-16(18,19)15(20,11-13-7-3-1-4-8-13)12-14-9-5-2-6-10-14/h1,3-7,9,20H,2,11-12H2/q+1. The summed E-state index contributed by atoms with van der Waals surface area (Å²) in [6.45, 7) is 0. The van der Waals surface area contributed by atoms with Crippen molar-refractivity contribution in [2.75, 3.05) is 0 Å². The SMILES string of the molecule is OC(CC1=C=CCC=C1)(CC1=CC=CC=[C+]1)C(F)(F)F. The number of hydrogen-bond donors (Lipinski definition) is 1. The lowest BCUT2D eigenvalue weighted by Crippen LogP contribution is -2.45. The van der Waals surface area contributed by atoms with Gasteiger partial charge in [0.15, 0.2) is 5.60 Å². The molecule has 0 aromatic carbocycles. The van der Waals surface area contributed by atoms with E-state index in [4.69, 9.17) is 0 Å². The van der Waals surface area contributed by atoms with E-state index in [1.807, 2.05) is 0 Å². The molecule has 1 nitrogen and oxygen atoms in total. The summed E-state index contributed by atoms with van der Waals surface area (Å²) in [5.41, 5.74) is 0.648. The van der Waals surface area contributed by atoms with Crippen molar-refractivity contribution in [3.8, 4) is 0 Å². The average molecular weight is 279 g/mol. The molecule has 0 aromatic rings. The van der Waals surface area contributed by atoms with Crippen molar-refractivity contribution in [1.82, 2.24) is 0 Å². The van der Waals surface area contributed by atoms with Crippen LogP contribution in [-0.2, 0) is 0 Å².